The molecule has 0 amide bonds. The van der Waals surface area contributed by atoms with Crippen molar-refractivity contribution in [1.29, 1.82) is 0 Å². The highest BCUT2D eigenvalue weighted by molar-refractivity contribution is 5.44. The molecule has 4 heteroatoms. The second kappa shape index (κ2) is 6.38. The zero-order chi connectivity index (χ0) is 13.7. The van der Waals surface area contributed by atoms with Gasteiger partial charge in [0.15, 0.2) is 0 Å². The molecular weight excluding hydrogens is 236 g/mol. The second-order valence-electron chi connectivity index (χ2n) is 4.98. The molecule has 0 spiro atoms. The Hall–Kier alpha value is -1.81. The molecule has 0 bridgehead atoms. The highest BCUT2D eigenvalue weighted by Crippen LogP contribution is 2.08. The van der Waals surface area contributed by atoms with Crippen LogP contribution in [0.1, 0.15) is 11.4 Å². The zero-order valence-corrected chi connectivity index (χ0v) is 11.9. The molecule has 1 aromatic carbocycles. The van der Waals surface area contributed by atoms with E-state index < -0.39 is 0 Å². The lowest BCUT2D eigenvalue weighted by Crippen LogP contribution is -2.26. The molecule has 2 aromatic rings. The molecule has 0 unspecified atom stereocenters. The molecule has 1 heterocycles. The van der Waals surface area contributed by atoms with Gasteiger partial charge in [0.2, 0.25) is 0 Å². The molecule has 1 N–H and O–H groups in total. The Morgan fingerprint density at radius 3 is 2.63 bits per heavy atom. The third kappa shape index (κ3) is 4.10. The monoisotopic (exact) mass is 258 g/mol. The first-order valence-corrected chi connectivity index (χ1v) is 6.60. The number of imidazole rings is 1. The Bertz CT molecular complexity index is 501. The van der Waals surface area contributed by atoms with Crippen molar-refractivity contribution in [2.45, 2.75) is 13.5 Å². The van der Waals surface area contributed by atoms with Gasteiger partial charge in [0.05, 0.1) is 6.54 Å². The SMILES string of the molecule is Cc1ccc(NCCN(C)Cc2nccn2C)cc1. The summed E-state index contributed by atoms with van der Waals surface area (Å²) in [6, 6.07) is 8.49. The van der Waals surface area contributed by atoms with Crippen LogP contribution < -0.4 is 5.32 Å². The molecule has 0 aliphatic rings. The van der Waals surface area contributed by atoms with E-state index in [0.717, 1.165) is 25.5 Å². The van der Waals surface area contributed by atoms with Gasteiger partial charge >= 0.3 is 0 Å². The largest absolute Gasteiger partial charge is 0.384 e. The maximum absolute atomic E-state index is 4.33. The van der Waals surface area contributed by atoms with Gasteiger partial charge in [0.1, 0.15) is 5.82 Å². The predicted molar refractivity (Wildman–Crippen MR) is 79.2 cm³/mol. The predicted octanol–water partition coefficient (Wildman–Crippen LogP) is 2.27. The van der Waals surface area contributed by atoms with Gasteiger partial charge in [-0.15, -0.1) is 0 Å². The first kappa shape index (κ1) is 13.6. The lowest BCUT2D eigenvalue weighted by atomic mass is 10.2. The molecular formula is C15H22N4. The van der Waals surface area contributed by atoms with Crippen LogP contribution >= 0.6 is 0 Å². The minimum absolute atomic E-state index is 0.874. The first-order chi connectivity index (χ1) is 9.15. The van der Waals surface area contributed by atoms with E-state index in [4.69, 9.17) is 0 Å². The Balaban J connectivity index is 1.73. The average molecular weight is 258 g/mol. The van der Waals surface area contributed by atoms with Crippen molar-refractivity contribution >= 4 is 5.69 Å². The third-order valence-corrected chi connectivity index (χ3v) is 3.21. The summed E-state index contributed by atoms with van der Waals surface area (Å²) in [5.74, 6) is 1.10. The Labute approximate surface area is 115 Å². The number of benzene rings is 1. The summed E-state index contributed by atoms with van der Waals surface area (Å²) in [7, 11) is 4.15. The number of likely N-dealkylation sites (N-methyl/N-ethyl adjacent to an activating group) is 1. The van der Waals surface area contributed by atoms with Crippen LogP contribution in [0, 0.1) is 6.92 Å². The Morgan fingerprint density at radius 1 is 1.26 bits per heavy atom. The molecule has 0 radical (unpaired) electrons. The number of aryl methyl sites for hydroxylation is 2. The van der Waals surface area contributed by atoms with Gasteiger partial charge in [-0.25, -0.2) is 4.98 Å². The highest BCUT2D eigenvalue weighted by atomic mass is 15.2. The first-order valence-electron chi connectivity index (χ1n) is 6.60. The van der Waals surface area contributed by atoms with Gasteiger partial charge in [0, 0.05) is 38.2 Å². The minimum atomic E-state index is 0.874. The van der Waals surface area contributed by atoms with Crippen molar-refractivity contribution in [2.75, 3.05) is 25.5 Å². The molecule has 19 heavy (non-hydrogen) atoms. The topological polar surface area (TPSA) is 33.1 Å². The summed E-state index contributed by atoms with van der Waals surface area (Å²) >= 11 is 0. The van der Waals surface area contributed by atoms with Gasteiger partial charge in [-0.2, -0.15) is 0 Å². The van der Waals surface area contributed by atoms with Crippen molar-refractivity contribution in [1.82, 2.24) is 14.5 Å². The maximum Gasteiger partial charge on any atom is 0.122 e. The van der Waals surface area contributed by atoms with E-state index in [9.17, 15) is 0 Å². The molecule has 0 aliphatic carbocycles. The average Bonchev–Trinajstić information content (AvgIpc) is 2.78. The number of rotatable bonds is 6. The van der Waals surface area contributed by atoms with E-state index in [0.29, 0.717) is 0 Å². The van der Waals surface area contributed by atoms with Crippen LogP contribution in [0.2, 0.25) is 0 Å². The van der Waals surface area contributed by atoms with Crippen molar-refractivity contribution in [3.63, 3.8) is 0 Å². The smallest absolute Gasteiger partial charge is 0.122 e. The quantitative estimate of drug-likeness (QED) is 0.863. The van der Waals surface area contributed by atoms with Crippen LogP contribution in [0.4, 0.5) is 5.69 Å². The van der Waals surface area contributed by atoms with Crippen molar-refractivity contribution < 1.29 is 0 Å². The maximum atomic E-state index is 4.33. The van der Waals surface area contributed by atoms with Gasteiger partial charge in [-0.3, -0.25) is 4.90 Å². The number of nitrogens with one attached hydrogen (secondary N) is 1. The fourth-order valence-corrected chi connectivity index (χ4v) is 1.93. The summed E-state index contributed by atoms with van der Waals surface area (Å²) in [6.45, 7) is 4.90. The summed E-state index contributed by atoms with van der Waals surface area (Å²) in [4.78, 5) is 6.60. The number of nitrogens with zero attached hydrogens (tertiary/aromatic N) is 3. The van der Waals surface area contributed by atoms with E-state index in [2.05, 4.69) is 58.0 Å². The molecule has 0 aliphatic heterocycles. The molecule has 102 valence electrons. The van der Waals surface area contributed by atoms with Crippen molar-refractivity contribution in [3.05, 3.63) is 48.0 Å². The second-order valence-corrected chi connectivity index (χ2v) is 4.98. The van der Waals surface area contributed by atoms with Crippen LogP contribution in [0.5, 0.6) is 0 Å². The van der Waals surface area contributed by atoms with Gasteiger partial charge in [-0.1, -0.05) is 17.7 Å². The van der Waals surface area contributed by atoms with Gasteiger partial charge in [0.25, 0.3) is 0 Å². The van der Waals surface area contributed by atoms with E-state index in [1.165, 1.54) is 11.3 Å². The third-order valence-electron chi connectivity index (χ3n) is 3.21. The number of anilines is 1. The number of aromatic nitrogens is 2. The molecule has 0 saturated heterocycles. The summed E-state index contributed by atoms with van der Waals surface area (Å²) in [5.41, 5.74) is 2.47. The Kier molecular flexibility index (Phi) is 4.58. The molecule has 1 aromatic heterocycles. The van der Waals surface area contributed by atoms with Crippen LogP contribution in [-0.4, -0.2) is 34.6 Å². The Morgan fingerprint density at radius 2 is 2.00 bits per heavy atom. The standard InChI is InChI=1S/C15H22N4/c1-13-4-6-14(7-5-13)16-8-10-18(2)12-15-17-9-11-19(15)3/h4-7,9,11,16H,8,10,12H2,1-3H3. The van der Waals surface area contributed by atoms with Gasteiger partial charge < -0.3 is 9.88 Å². The van der Waals surface area contributed by atoms with Crippen LogP contribution in [0.25, 0.3) is 0 Å². The van der Waals surface area contributed by atoms with E-state index in [1.807, 2.05) is 19.4 Å². The lowest BCUT2D eigenvalue weighted by Gasteiger charge is -2.17. The summed E-state index contributed by atoms with van der Waals surface area (Å²) < 4.78 is 2.06. The van der Waals surface area contributed by atoms with Crippen molar-refractivity contribution in [3.8, 4) is 0 Å². The fraction of sp³-hybridized carbons (Fsp3) is 0.400. The number of hydrogen-bond donors (Lipinski definition) is 1. The van der Waals surface area contributed by atoms with E-state index >= 15 is 0 Å². The van der Waals surface area contributed by atoms with Crippen LogP contribution in [-0.2, 0) is 13.6 Å². The molecule has 0 saturated carbocycles. The highest BCUT2D eigenvalue weighted by Gasteiger charge is 2.03. The summed E-state index contributed by atoms with van der Waals surface area (Å²) in [5, 5.41) is 3.43. The van der Waals surface area contributed by atoms with E-state index in [1.54, 1.807) is 0 Å². The number of hydrogen-bond acceptors (Lipinski definition) is 3. The summed E-state index contributed by atoms with van der Waals surface area (Å²) in [6.07, 6.45) is 3.82. The normalized spacial score (nSPS) is 10.9. The molecule has 2 rings (SSSR count). The molecule has 4 nitrogen and oxygen atoms in total. The van der Waals surface area contributed by atoms with Crippen LogP contribution in [0.15, 0.2) is 36.7 Å². The van der Waals surface area contributed by atoms with E-state index in [-0.39, 0.29) is 0 Å². The molecule has 0 fully saturated rings. The minimum Gasteiger partial charge on any atom is -0.384 e. The lowest BCUT2D eigenvalue weighted by molar-refractivity contribution is 0.327. The van der Waals surface area contributed by atoms with Gasteiger partial charge in [-0.05, 0) is 26.1 Å². The molecule has 0 atom stereocenters. The van der Waals surface area contributed by atoms with Crippen molar-refractivity contribution in [2.24, 2.45) is 7.05 Å². The fourth-order valence-electron chi connectivity index (χ4n) is 1.93. The van der Waals surface area contributed by atoms with Crippen LogP contribution in [0.3, 0.4) is 0 Å². The zero-order valence-electron chi connectivity index (χ0n) is 11.9.